The van der Waals surface area contributed by atoms with Crippen molar-refractivity contribution in [3.63, 3.8) is 0 Å². The molecule has 16 heavy (non-hydrogen) atoms. The Morgan fingerprint density at radius 2 is 1.56 bits per heavy atom. The molecule has 0 unspecified atom stereocenters. The molecule has 0 bridgehead atoms. The van der Waals surface area contributed by atoms with E-state index in [0.717, 1.165) is 7.05 Å². The minimum Gasteiger partial charge on any atom is -0.442 e. The molecule has 0 atom stereocenters. The molecule has 5 nitrogen and oxygen atoms in total. The Labute approximate surface area is 90.1 Å². The number of ether oxygens (including phenoxy) is 1. The Morgan fingerprint density at radius 1 is 1.12 bits per heavy atom. The highest BCUT2D eigenvalue weighted by atomic mass is 19.4. The number of alkyl halides is 3. The van der Waals surface area contributed by atoms with Crippen LogP contribution in [0.15, 0.2) is 0 Å². The van der Waals surface area contributed by atoms with Gasteiger partial charge >= 0.3 is 18.2 Å². The van der Waals surface area contributed by atoms with Crippen LogP contribution in [0.5, 0.6) is 0 Å². The van der Waals surface area contributed by atoms with Gasteiger partial charge in [0.05, 0.1) is 7.05 Å². The van der Waals surface area contributed by atoms with Crippen molar-refractivity contribution >= 4 is 12.1 Å². The van der Waals surface area contributed by atoms with Crippen LogP contribution in [0.3, 0.4) is 0 Å². The molecular formula is C8H12F3NO4. The molecule has 0 spiro atoms. The molecule has 0 aromatic heterocycles. The van der Waals surface area contributed by atoms with Crippen molar-refractivity contribution < 1.29 is 32.3 Å². The number of carbonyl (C=O) groups is 2. The normalized spacial score (nSPS) is 11.9. The van der Waals surface area contributed by atoms with Crippen molar-refractivity contribution in [1.29, 1.82) is 0 Å². The first-order valence-electron chi connectivity index (χ1n) is 4.19. The topological polar surface area (TPSA) is 55.8 Å². The molecule has 0 heterocycles. The van der Waals surface area contributed by atoms with E-state index in [4.69, 9.17) is 0 Å². The molecule has 0 aliphatic carbocycles. The standard InChI is InChI=1S/C8H12F3NO4/c1-7(2,3)15-6(14)12(4)16-5(13)8(9,10)11/h1-4H3. The van der Waals surface area contributed by atoms with E-state index >= 15 is 0 Å². The molecule has 0 aromatic carbocycles. The monoisotopic (exact) mass is 243 g/mol. The smallest absolute Gasteiger partial charge is 0.442 e. The SMILES string of the molecule is CN(OC(=O)C(F)(F)F)C(=O)OC(C)(C)C. The van der Waals surface area contributed by atoms with E-state index in [2.05, 4.69) is 9.57 Å². The number of nitrogens with zero attached hydrogens (tertiary/aromatic N) is 1. The molecule has 1 amide bonds. The van der Waals surface area contributed by atoms with Gasteiger partial charge in [0.2, 0.25) is 0 Å². The van der Waals surface area contributed by atoms with Gasteiger partial charge in [-0.2, -0.15) is 13.2 Å². The first kappa shape index (κ1) is 14.5. The fraction of sp³-hybridized carbons (Fsp3) is 0.750. The molecule has 8 heteroatoms. The van der Waals surface area contributed by atoms with Crippen LogP contribution < -0.4 is 0 Å². The third kappa shape index (κ3) is 5.42. The predicted octanol–water partition coefficient (Wildman–Crippen LogP) is 1.87. The van der Waals surface area contributed by atoms with Gasteiger partial charge in [-0.3, -0.25) is 0 Å². The highest BCUT2D eigenvalue weighted by molar-refractivity contribution is 5.77. The Morgan fingerprint density at radius 3 is 1.88 bits per heavy atom. The van der Waals surface area contributed by atoms with Gasteiger partial charge in [0.15, 0.2) is 0 Å². The Kier molecular flexibility index (Phi) is 4.16. The summed E-state index contributed by atoms with van der Waals surface area (Å²) in [5, 5.41) is 0.0844. The fourth-order valence-electron chi connectivity index (χ4n) is 0.540. The largest absolute Gasteiger partial charge is 0.493 e. The fourth-order valence-corrected chi connectivity index (χ4v) is 0.540. The quantitative estimate of drug-likeness (QED) is 0.609. The molecule has 0 saturated carbocycles. The lowest BCUT2D eigenvalue weighted by molar-refractivity contribution is -0.228. The number of hydrogen-bond donors (Lipinski definition) is 0. The third-order valence-corrected chi connectivity index (χ3v) is 1.10. The van der Waals surface area contributed by atoms with Crippen LogP contribution in [-0.4, -0.2) is 36.0 Å². The molecule has 0 rings (SSSR count). The highest BCUT2D eigenvalue weighted by Crippen LogP contribution is 2.17. The maximum atomic E-state index is 11.8. The van der Waals surface area contributed by atoms with E-state index in [1.54, 1.807) is 0 Å². The van der Waals surface area contributed by atoms with Crippen LogP contribution >= 0.6 is 0 Å². The number of amides is 1. The van der Waals surface area contributed by atoms with Crippen LogP contribution in [0, 0.1) is 0 Å². The first-order chi connectivity index (χ1) is 6.93. The van der Waals surface area contributed by atoms with Gasteiger partial charge in [0, 0.05) is 0 Å². The Hall–Kier alpha value is -1.47. The third-order valence-electron chi connectivity index (χ3n) is 1.10. The van der Waals surface area contributed by atoms with E-state index in [1.165, 1.54) is 20.8 Å². The van der Waals surface area contributed by atoms with Gasteiger partial charge in [-0.05, 0) is 20.8 Å². The van der Waals surface area contributed by atoms with Crippen molar-refractivity contribution in [2.75, 3.05) is 7.05 Å². The highest BCUT2D eigenvalue weighted by Gasteiger charge is 2.43. The van der Waals surface area contributed by atoms with Crippen molar-refractivity contribution in [3.05, 3.63) is 0 Å². The van der Waals surface area contributed by atoms with Crippen LogP contribution in [0.2, 0.25) is 0 Å². The average molecular weight is 243 g/mol. The summed E-state index contributed by atoms with van der Waals surface area (Å²) in [6, 6.07) is 0. The van der Waals surface area contributed by atoms with Crippen LogP contribution in [0.25, 0.3) is 0 Å². The van der Waals surface area contributed by atoms with Gasteiger partial charge in [0.1, 0.15) is 5.60 Å². The van der Waals surface area contributed by atoms with Gasteiger partial charge in [-0.25, -0.2) is 9.59 Å². The number of hydrogen-bond acceptors (Lipinski definition) is 4. The van der Waals surface area contributed by atoms with Gasteiger partial charge < -0.3 is 9.57 Å². The van der Waals surface area contributed by atoms with Crippen molar-refractivity contribution in [3.8, 4) is 0 Å². The predicted molar refractivity (Wildman–Crippen MR) is 46.1 cm³/mol. The average Bonchev–Trinajstić information content (AvgIpc) is 1.98. The van der Waals surface area contributed by atoms with Crippen LogP contribution in [0.4, 0.5) is 18.0 Å². The summed E-state index contributed by atoms with van der Waals surface area (Å²) >= 11 is 0. The molecule has 0 aromatic rings. The zero-order chi connectivity index (χ0) is 13.1. The van der Waals surface area contributed by atoms with Crippen molar-refractivity contribution in [2.24, 2.45) is 0 Å². The van der Waals surface area contributed by atoms with Crippen LogP contribution in [0.1, 0.15) is 20.8 Å². The molecule has 0 radical (unpaired) electrons. The van der Waals surface area contributed by atoms with E-state index < -0.39 is 23.8 Å². The molecule has 0 aliphatic rings. The second kappa shape index (κ2) is 4.58. The van der Waals surface area contributed by atoms with Gasteiger partial charge in [0.25, 0.3) is 0 Å². The summed E-state index contributed by atoms with van der Waals surface area (Å²) in [7, 11) is 0.845. The Balaban J connectivity index is 4.33. The second-order valence-electron chi connectivity index (χ2n) is 3.85. The van der Waals surface area contributed by atoms with E-state index in [-0.39, 0.29) is 5.06 Å². The number of carbonyl (C=O) groups excluding carboxylic acids is 2. The van der Waals surface area contributed by atoms with E-state index in [1.807, 2.05) is 0 Å². The van der Waals surface area contributed by atoms with Gasteiger partial charge in [-0.1, -0.05) is 0 Å². The van der Waals surface area contributed by atoms with Crippen LogP contribution in [-0.2, 0) is 14.4 Å². The van der Waals surface area contributed by atoms with Gasteiger partial charge in [-0.15, -0.1) is 5.06 Å². The molecule has 0 N–H and O–H groups in total. The number of rotatable bonds is 0. The zero-order valence-electron chi connectivity index (χ0n) is 9.21. The second-order valence-corrected chi connectivity index (χ2v) is 3.85. The summed E-state index contributed by atoms with van der Waals surface area (Å²) in [5.41, 5.74) is -0.893. The number of halogens is 3. The van der Waals surface area contributed by atoms with E-state index in [0.29, 0.717) is 0 Å². The summed E-state index contributed by atoms with van der Waals surface area (Å²) in [4.78, 5) is 25.1. The maximum Gasteiger partial charge on any atom is 0.493 e. The summed E-state index contributed by atoms with van der Waals surface area (Å²) in [6.45, 7) is 4.55. The molecule has 0 fully saturated rings. The molecule has 94 valence electrons. The van der Waals surface area contributed by atoms with Crippen molar-refractivity contribution in [2.45, 2.75) is 32.5 Å². The lowest BCUT2D eigenvalue weighted by atomic mass is 10.2. The molecule has 0 aliphatic heterocycles. The lowest BCUT2D eigenvalue weighted by Crippen LogP contribution is -2.39. The summed E-state index contributed by atoms with van der Waals surface area (Å²) in [5.74, 6) is -2.49. The summed E-state index contributed by atoms with van der Waals surface area (Å²) in [6.07, 6.45) is -6.35. The Bertz CT molecular complexity index is 282. The molecular weight excluding hydrogens is 231 g/mol. The van der Waals surface area contributed by atoms with E-state index in [9.17, 15) is 22.8 Å². The number of hydroxylamine groups is 2. The first-order valence-corrected chi connectivity index (χ1v) is 4.19. The van der Waals surface area contributed by atoms with Crippen molar-refractivity contribution in [1.82, 2.24) is 5.06 Å². The minimum atomic E-state index is -5.16. The zero-order valence-corrected chi connectivity index (χ0v) is 9.21. The maximum absolute atomic E-state index is 11.8. The lowest BCUT2D eigenvalue weighted by Gasteiger charge is -2.23. The molecule has 0 saturated heterocycles. The summed E-state index contributed by atoms with van der Waals surface area (Å²) < 4.78 is 39.9. The minimum absolute atomic E-state index is 0.0844.